The molecule has 1 amide bonds. The van der Waals surface area contributed by atoms with Crippen molar-refractivity contribution in [2.75, 3.05) is 23.3 Å². The number of benzene rings is 1. The summed E-state index contributed by atoms with van der Waals surface area (Å²) in [6.45, 7) is 1.99. The van der Waals surface area contributed by atoms with Crippen LogP contribution in [0.15, 0.2) is 48.8 Å². The molecule has 0 aliphatic carbocycles. The van der Waals surface area contributed by atoms with Gasteiger partial charge in [-0.25, -0.2) is 15.0 Å². The van der Waals surface area contributed by atoms with Crippen molar-refractivity contribution in [3.05, 3.63) is 54.5 Å². The first-order chi connectivity index (χ1) is 12.3. The van der Waals surface area contributed by atoms with Gasteiger partial charge in [-0.15, -0.1) is 0 Å². The molecular weight excluding hydrogens is 314 g/mol. The van der Waals surface area contributed by atoms with E-state index in [0.29, 0.717) is 11.4 Å². The highest BCUT2D eigenvalue weighted by molar-refractivity contribution is 6.03. The smallest absolute Gasteiger partial charge is 0.274 e. The number of hydrogen-bond acceptors (Lipinski definition) is 5. The zero-order chi connectivity index (χ0) is 17.1. The van der Waals surface area contributed by atoms with Crippen LogP contribution >= 0.6 is 0 Å². The van der Waals surface area contributed by atoms with E-state index in [1.54, 1.807) is 18.5 Å². The van der Waals surface area contributed by atoms with E-state index in [-0.39, 0.29) is 5.91 Å². The average molecular weight is 333 g/mol. The lowest BCUT2D eigenvalue weighted by molar-refractivity contribution is 0.102. The number of rotatable bonds is 3. The van der Waals surface area contributed by atoms with E-state index in [4.69, 9.17) is 0 Å². The van der Waals surface area contributed by atoms with Crippen molar-refractivity contribution < 1.29 is 4.79 Å². The van der Waals surface area contributed by atoms with E-state index in [0.717, 1.165) is 29.9 Å². The topological polar surface area (TPSA) is 71.0 Å². The van der Waals surface area contributed by atoms with E-state index in [1.807, 2.05) is 30.3 Å². The van der Waals surface area contributed by atoms with Gasteiger partial charge in [-0.1, -0.05) is 24.3 Å². The Balaban J connectivity index is 1.47. The summed E-state index contributed by atoms with van der Waals surface area (Å²) in [5.41, 5.74) is 1.74. The van der Waals surface area contributed by atoms with Crippen molar-refractivity contribution in [2.45, 2.75) is 19.3 Å². The zero-order valence-corrected chi connectivity index (χ0v) is 13.9. The van der Waals surface area contributed by atoms with Gasteiger partial charge in [0.2, 0.25) is 5.95 Å². The number of carbonyl (C=O) groups excluding carboxylic acids is 1. The molecular formula is C19H19N5O. The number of nitrogens with one attached hydrogen (secondary N) is 1. The second-order valence-electron chi connectivity index (χ2n) is 6.16. The molecule has 0 spiro atoms. The molecule has 0 atom stereocenters. The highest BCUT2D eigenvalue weighted by Crippen LogP contribution is 2.17. The molecule has 0 radical (unpaired) electrons. The second-order valence-corrected chi connectivity index (χ2v) is 6.16. The average Bonchev–Trinajstić information content (AvgIpc) is 2.69. The zero-order valence-electron chi connectivity index (χ0n) is 13.9. The van der Waals surface area contributed by atoms with Gasteiger partial charge in [0.05, 0.1) is 23.6 Å². The maximum atomic E-state index is 12.4. The van der Waals surface area contributed by atoms with Crippen LogP contribution in [-0.2, 0) is 0 Å². The predicted molar refractivity (Wildman–Crippen MR) is 97.8 cm³/mol. The summed E-state index contributed by atoms with van der Waals surface area (Å²) in [5.74, 6) is 0.460. The first-order valence-electron chi connectivity index (χ1n) is 8.54. The van der Waals surface area contributed by atoms with Gasteiger partial charge in [0.25, 0.3) is 5.91 Å². The summed E-state index contributed by atoms with van der Waals surface area (Å²) < 4.78 is 0. The quantitative estimate of drug-likeness (QED) is 0.796. The van der Waals surface area contributed by atoms with E-state index in [9.17, 15) is 4.79 Å². The fraction of sp³-hybridized carbons (Fsp3) is 0.263. The van der Waals surface area contributed by atoms with Crippen LogP contribution in [0.25, 0.3) is 10.9 Å². The molecule has 4 rings (SSSR count). The largest absolute Gasteiger partial charge is 0.341 e. The number of piperidine rings is 1. The maximum absolute atomic E-state index is 12.4. The highest BCUT2D eigenvalue weighted by Gasteiger charge is 2.14. The number of nitrogens with zero attached hydrogens (tertiary/aromatic N) is 4. The number of carbonyl (C=O) groups is 1. The number of para-hydroxylation sites is 1. The Morgan fingerprint density at radius 2 is 1.72 bits per heavy atom. The van der Waals surface area contributed by atoms with Crippen molar-refractivity contribution in [3.63, 3.8) is 0 Å². The lowest BCUT2D eigenvalue weighted by Crippen LogP contribution is -2.30. The van der Waals surface area contributed by atoms with Crippen molar-refractivity contribution in [3.8, 4) is 0 Å². The third-order valence-electron chi connectivity index (χ3n) is 4.37. The Bertz CT molecular complexity index is 888. The maximum Gasteiger partial charge on any atom is 0.274 e. The van der Waals surface area contributed by atoms with E-state index >= 15 is 0 Å². The van der Waals surface area contributed by atoms with Crippen LogP contribution < -0.4 is 10.2 Å². The first-order valence-corrected chi connectivity index (χ1v) is 8.54. The number of pyridine rings is 1. The predicted octanol–water partition coefficient (Wildman–Crippen LogP) is 3.27. The molecule has 1 fully saturated rings. The summed E-state index contributed by atoms with van der Waals surface area (Å²) >= 11 is 0. The SMILES string of the molecule is O=C(Nc1cnc(N2CCCCC2)nc1)c1ccc2ccccc2n1. The van der Waals surface area contributed by atoms with Gasteiger partial charge in [0, 0.05) is 18.5 Å². The number of fused-ring (bicyclic) bond motifs is 1. The van der Waals surface area contributed by atoms with Crippen LogP contribution in [0.4, 0.5) is 11.6 Å². The first kappa shape index (κ1) is 15.5. The fourth-order valence-corrected chi connectivity index (χ4v) is 3.03. The Hall–Kier alpha value is -3.02. The highest BCUT2D eigenvalue weighted by atomic mass is 16.1. The Kier molecular flexibility index (Phi) is 4.24. The molecule has 126 valence electrons. The van der Waals surface area contributed by atoms with Gasteiger partial charge in [-0.2, -0.15) is 0 Å². The van der Waals surface area contributed by atoms with Gasteiger partial charge in [0.15, 0.2) is 0 Å². The third kappa shape index (κ3) is 3.42. The van der Waals surface area contributed by atoms with Crippen LogP contribution in [0, 0.1) is 0 Å². The number of amides is 1. The molecule has 1 N–H and O–H groups in total. The minimum absolute atomic E-state index is 0.264. The van der Waals surface area contributed by atoms with Gasteiger partial charge in [-0.3, -0.25) is 4.79 Å². The summed E-state index contributed by atoms with van der Waals surface area (Å²) in [7, 11) is 0. The fourth-order valence-electron chi connectivity index (χ4n) is 3.03. The molecule has 3 heterocycles. The number of anilines is 2. The summed E-state index contributed by atoms with van der Waals surface area (Å²) in [4.78, 5) is 27.7. The molecule has 0 unspecified atom stereocenters. The summed E-state index contributed by atoms with van der Waals surface area (Å²) in [6.07, 6.45) is 6.92. The molecule has 1 aliphatic rings. The molecule has 1 aromatic carbocycles. The third-order valence-corrected chi connectivity index (χ3v) is 4.37. The van der Waals surface area contributed by atoms with Gasteiger partial charge < -0.3 is 10.2 Å². The summed E-state index contributed by atoms with van der Waals surface area (Å²) in [6, 6.07) is 11.3. The molecule has 6 nitrogen and oxygen atoms in total. The van der Waals surface area contributed by atoms with Crippen LogP contribution in [0.2, 0.25) is 0 Å². The number of aromatic nitrogens is 3. The lowest BCUT2D eigenvalue weighted by atomic mass is 10.1. The van der Waals surface area contributed by atoms with E-state index in [1.165, 1.54) is 19.3 Å². The van der Waals surface area contributed by atoms with Crippen LogP contribution in [-0.4, -0.2) is 33.9 Å². The second kappa shape index (κ2) is 6.84. The van der Waals surface area contributed by atoms with Crippen molar-refractivity contribution in [2.24, 2.45) is 0 Å². The Labute approximate surface area is 145 Å². The minimum atomic E-state index is -0.264. The summed E-state index contributed by atoms with van der Waals surface area (Å²) in [5, 5.41) is 3.82. The standard InChI is InChI=1S/C19H19N5O/c25-18(17-9-8-14-6-2-3-7-16(14)23-17)22-15-12-20-19(21-13-15)24-10-4-1-5-11-24/h2-3,6-9,12-13H,1,4-5,10-11H2,(H,22,25). The van der Waals surface area contributed by atoms with E-state index < -0.39 is 0 Å². The molecule has 1 aliphatic heterocycles. The normalized spacial score (nSPS) is 14.5. The molecule has 1 saturated heterocycles. The molecule has 0 saturated carbocycles. The van der Waals surface area contributed by atoms with Crippen molar-refractivity contribution in [1.29, 1.82) is 0 Å². The van der Waals surface area contributed by atoms with Crippen LogP contribution in [0.1, 0.15) is 29.8 Å². The van der Waals surface area contributed by atoms with Gasteiger partial charge >= 0.3 is 0 Å². The number of hydrogen-bond donors (Lipinski definition) is 1. The Morgan fingerprint density at radius 1 is 0.960 bits per heavy atom. The molecule has 3 aromatic rings. The molecule has 0 bridgehead atoms. The van der Waals surface area contributed by atoms with E-state index in [2.05, 4.69) is 25.2 Å². The van der Waals surface area contributed by atoms with Gasteiger partial charge in [0.1, 0.15) is 5.69 Å². The molecule has 2 aromatic heterocycles. The van der Waals surface area contributed by atoms with Crippen molar-refractivity contribution in [1.82, 2.24) is 15.0 Å². The van der Waals surface area contributed by atoms with Crippen LogP contribution in [0.5, 0.6) is 0 Å². The Morgan fingerprint density at radius 3 is 2.52 bits per heavy atom. The lowest BCUT2D eigenvalue weighted by Gasteiger charge is -2.26. The molecule has 6 heteroatoms. The van der Waals surface area contributed by atoms with Crippen LogP contribution in [0.3, 0.4) is 0 Å². The van der Waals surface area contributed by atoms with Crippen molar-refractivity contribution >= 4 is 28.4 Å². The van der Waals surface area contributed by atoms with Gasteiger partial charge in [-0.05, 0) is 31.4 Å². The molecule has 25 heavy (non-hydrogen) atoms. The minimum Gasteiger partial charge on any atom is -0.341 e. The monoisotopic (exact) mass is 333 g/mol.